The van der Waals surface area contributed by atoms with Gasteiger partial charge in [-0.2, -0.15) is 5.26 Å². The Bertz CT molecular complexity index is 1140. The number of Topliss-reactive ketones (excluding diaryl/α,β-unsaturated/α-hetero) is 1. The Balaban J connectivity index is 1.73. The van der Waals surface area contributed by atoms with Crippen LogP contribution in [0.5, 0.6) is 5.75 Å². The third-order valence-corrected chi connectivity index (χ3v) is 5.80. The molecule has 1 aromatic carbocycles. The standard InChI is InChI=1S/C23H25N5O2/c1-15-12-19(16(2)28(15)17-8-7-9-18(13-17)30-3)22(29)20(14-24)23-26-25-21-10-5-4-6-11-27(21)23/h7-9,12-13,20H,4-6,10-11H2,1-3H3/t20-/m0/s1. The van der Waals surface area contributed by atoms with E-state index in [2.05, 4.69) is 16.3 Å². The molecule has 0 saturated carbocycles. The van der Waals surface area contributed by atoms with E-state index in [-0.39, 0.29) is 5.78 Å². The second kappa shape index (κ2) is 8.15. The molecule has 3 heterocycles. The van der Waals surface area contributed by atoms with Crippen molar-refractivity contribution in [3.63, 3.8) is 0 Å². The highest BCUT2D eigenvalue weighted by Gasteiger charge is 2.31. The quantitative estimate of drug-likeness (QED) is 0.603. The fraction of sp³-hybridized carbons (Fsp3) is 0.391. The number of rotatable bonds is 5. The molecule has 0 saturated heterocycles. The number of ether oxygens (including phenoxy) is 1. The van der Waals surface area contributed by atoms with Gasteiger partial charge in [-0.1, -0.05) is 12.5 Å². The number of carbonyl (C=O) groups is 1. The lowest BCUT2D eigenvalue weighted by molar-refractivity contribution is 0.0974. The van der Waals surface area contributed by atoms with Crippen molar-refractivity contribution in [2.75, 3.05) is 7.11 Å². The molecular weight excluding hydrogens is 378 g/mol. The fourth-order valence-corrected chi connectivity index (χ4v) is 4.27. The maximum Gasteiger partial charge on any atom is 0.189 e. The van der Waals surface area contributed by atoms with E-state index >= 15 is 0 Å². The molecule has 0 bridgehead atoms. The smallest absolute Gasteiger partial charge is 0.189 e. The first kappa shape index (κ1) is 19.9. The number of fused-ring (bicyclic) bond motifs is 1. The number of nitrogens with zero attached hydrogens (tertiary/aromatic N) is 5. The highest BCUT2D eigenvalue weighted by atomic mass is 16.5. The topological polar surface area (TPSA) is 85.7 Å². The molecule has 0 radical (unpaired) electrons. The molecule has 0 unspecified atom stereocenters. The van der Waals surface area contributed by atoms with Gasteiger partial charge in [-0.25, -0.2) is 0 Å². The number of ketones is 1. The molecule has 154 valence electrons. The summed E-state index contributed by atoms with van der Waals surface area (Å²) in [6, 6.07) is 11.7. The summed E-state index contributed by atoms with van der Waals surface area (Å²) in [4.78, 5) is 13.4. The average Bonchev–Trinajstić information content (AvgIpc) is 3.18. The van der Waals surface area contributed by atoms with Gasteiger partial charge in [0.15, 0.2) is 17.5 Å². The molecule has 30 heavy (non-hydrogen) atoms. The van der Waals surface area contributed by atoms with Crippen LogP contribution in [0.1, 0.15) is 58.6 Å². The molecule has 4 rings (SSSR count). The number of methoxy groups -OCH3 is 1. The summed E-state index contributed by atoms with van der Waals surface area (Å²) in [5.41, 5.74) is 3.16. The van der Waals surface area contributed by atoms with E-state index in [9.17, 15) is 10.1 Å². The molecule has 0 amide bonds. The molecule has 0 N–H and O–H groups in total. The van der Waals surface area contributed by atoms with Gasteiger partial charge in [0.1, 0.15) is 11.6 Å². The van der Waals surface area contributed by atoms with Crippen molar-refractivity contribution in [3.8, 4) is 17.5 Å². The van der Waals surface area contributed by atoms with E-state index in [1.54, 1.807) is 7.11 Å². The van der Waals surface area contributed by atoms with E-state index in [0.717, 1.165) is 60.9 Å². The molecule has 0 fully saturated rings. The van der Waals surface area contributed by atoms with E-state index in [4.69, 9.17) is 4.74 Å². The minimum Gasteiger partial charge on any atom is -0.497 e. The summed E-state index contributed by atoms with van der Waals surface area (Å²) in [6.07, 6.45) is 4.03. The molecule has 1 aliphatic heterocycles. The first-order chi connectivity index (χ1) is 14.5. The van der Waals surface area contributed by atoms with Crippen molar-refractivity contribution in [1.29, 1.82) is 5.26 Å². The van der Waals surface area contributed by atoms with Crippen LogP contribution in [0.4, 0.5) is 0 Å². The Morgan fingerprint density at radius 3 is 2.80 bits per heavy atom. The molecule has 1 aliphatic rings. The lowest BCUT2D eigenvalue weighted by atomic mass is 9.98. The van der Waals surface area contributed by atoms with Crippen molar-refractivity contribution >= 4 is 5.78 Å². The summed E-state index contributed by atoms with van der Waals surface area (Å²) >= 11 is 0. The predicted octanol–water partition coefficient (Wildman–Crippen LogP) is 3.91. The van der Waals surface area contributed by atoms with E-state index in [0.29, 0.717) is 11.4 Å². The Kier molecular flexibility index (Phi) is 5.40. The van der Waals surface area contributed by atoms with Gasteiger partial charge in [0, 0.05) is 41.7 Å². The van der Waals surface area contributed by atoms with E-state index in [1.807, 2.05) is 53.3 Å². The van der Waals surface area contributed by atoms with Crippen LogP contribution in [0.2, 0.25) is 0 Å². The number of hydrogen-bond acceptors (Lipinski definition) is 5. The Morgan fingerprint density at radius 2 is 2.03 bits per heavy atom. The minimum atomic E-state index is -0.969. The van der Waals surface area contributed by atoms with Crippen LogP contribution in [0.25, 0.3) is 5.69 Å². The van der Waals surface area contributed by atoms with Gasteiger partial charge in [-0.05, 0) is 44.9 Å². The molecule has 1 atom stereocenters. The van der Waals surface area contributed by atoms with Crippen LogP contribution < -0.4 is 4.74 Å². The second-order valence-corrected chi connectivity index (χ2v) is 7.68. The summed E-state index contributed by atoms with van der Waals surface area (Å²) in [5.74, 6) is 0.875. The van der Waals surface area contributed by atoms with Gasteiger partial charge >= 0.3 is 0 Å². The third kappa shape index (κ3) is 3.39. The molecule has 2 aromatic heterocycles. The predicted molar refractivity (Wildman–Crippen MR) is 112 cm³/mol. The van der Waals surface area contributed by atoms with Gasteiger partial charge < -0.3 is 13.9 Å². The van der Waals surface area contributed by atoms with Crippen LogP contribution in [-0.4, -0.2) is 32.2 Å². The minimum absolute atomic E-state index is 0.237. The number of aryl methyl sites for hydroxylation is 2. The number of benzene rings is 1. The molecule has 7 nitrogen and oxygen atoms in total. The van der Waals surface area contributed by atoms with Gasteiger partial charge in [0.05, 0.1) is 13.2 Å². The van der Waals surface area contributed by atoms with Crippen molar-refractivity contribution in [2.24, 2.45) is 0 Å². The zero-order chi connectivity index (χ0) is 21.3. The van der Waals surface area contributed by atoms with E-state index < -0.39 is 5.92 Å². The largest absolute Gasteiger partial charge is 0.497 e. The number of aromatic nitrogens is 4. The van der Waals surface area contributed by atoms with Crippen molar-refractivity contribution < 1.29 is 9.53 Å². The van der Waals surface area contributed by atoms with Crippen LogP contribution in [0.15, 0.2) is 30.3 Å². The molecule has 0 aliphatic carbocycles. The molecule has 7 heteroatoms. The van der Waals surface area contributed by atoms with Gasteiger partial charge in [-0.3, -0.25) is 4.79 Å². The summed E-state index contributed by atoms with van der Waals surface area (Å²) < 4.78 is 9.32. The Labute approximate surface area is 175 Å². The average molecular weight is 403 g/mol. The lowest BCUT2D eigenvalue weighted by Crippen LogP contribution is -2.18. The van der Waals surface area contributed by atoms with Crippen LogP contribution >= 0.6 is 0 Å². The molecular formula is C23H25N5O2. The summed E-state index contributed by atoms with van der Waals surface area (Å²) in [7, 11) is 1.63. The monoisotopic (exact) mass is 403 g/mol. The van der Waals surface area contributed by atoms with Crippen molar-refractivity contribution in [3.05, 3.63) is 58.9 Å². The molecule has 0 spiro atoms. The van der Waals surface area contributed by atoms with Crippen LogP contribution in [0, 0.1) is 25.2 Å². The summed E-state index contributed by atoms with van der Waals surface area (Å²) in [6.45, 7) is 4.61. The van der Waals surface area contributed by atoms with Crippen LogP contribution in [0.3, 0.4) is 0 Å². The number of hydrogen-bond donors (Lipinski definition) is 0. The van der Waals surface area contributed by atoms with Crippen LogP contribution in [-0.2, 0) is 13.0 Å². The normalized spacial score (nSPS) is 14.5. The highest BCUT2D eigenvalue weighted by Crippen LogP contribution is 2.28. The Morgan fingerprint density at radius 1 is 1.20 bits per heavy atom. The highest BCUT2D eigenvalue weighted by molar-refractivity contribution is 6.03. The van der Waals surface area contributed by atoms with Gasteiger partial charge in [0.2, 0.25) is 0 Å². The van der Waals surface area contributed by atoms with Crippen molar-refractivity contribution in [1.82, 2.24) is 19.3 Å². The zero-order valence-corrected chi connectivity index (χ0v) is 17.6. The van der Waals surface area contributed by atoms with Crippen molar-refractivity contribution in [2.45, 2.75) is 52.0 Å². The second-order valence-electron chi connectivity index (χ2n) is 7.68. The SMILES string of the molecule is COc1cccc(-n2c(C)cc(C(=O)[C@H](C#N)c3nnc4n3CCCCC4)c2C)c1. The van der Waals surface area contributed by atoms with E-state index in [1.165, 1.54) is 0 Å². The maximum absolute atomic E-state index is 13.4. The number of carbonyl (C=O) groups excluding carboxylic acids is 1. The molecule has 3 aromatic rings. The third-order valence-electron chi connectivity index (χ3n) is 5.80. The van der Waals surface area contributed by atoms with Gasteiger partial charge in [-0.15, -0.1) is 10.2 Å². The lowest BCUT2D eigenvalue weighted by Gasteiger charge is -2.13. The number of nitriles is 1. The first-order valence-electron chi connectivity index (χ1n) is 10.2. The maximum atomic E-state index is 13.4. The Hall–Kier alpha value is -3.40. The fourth-order valence-electron chi connectivity index (χ4n) is 4.27. The first-order valence-corrected chi connectivity index (χ1v) is 10.2. The summed E-state index contributed by atoms with van der Waals surface area (Å²) in [5, 5.41) is 18.4. The van der Waals surface area contributed by atoms with Gasteiger partial charge in [0.25, 0.3) is 0 Å². The zero-order valence-electron chi connectivity index (χ0n) is 17.6.